The van der Waals surface area contributed by atoms with Crippen LogP contribution < -0.4 is 42.0 Å². The SMILES string of the molecule is Cc1c(OC(C)C)ccc2c1c1n(c3ccccc3[n+]1C)c1nc3ccccc3n21.Cc1c(OC(C)C)ccc2c1c1n(cc[n+]1C)c1nc3ccccc3n21.Cc1c(OC(C)C)ccc2c1c1n(cc[n+]1C)c1nccn21.Cc1c(OC(C)C)ccc2c3ccccc3n(-c3cn(-c4ccccc4)c[n+]3C)c12.Cc1c(OC(C)C)ccc2c3ccccc3n(C3=[N+](C)C=CC3c3c(C(C)C)cccc3C(C)C)c12. The first kappa shape index (κ1) is 94.2. The van der Waals surface area contributed by atoms with Crippen LogP contribution >= 0.6 is 0 Å². The van der Waals surface area contributed by atoms with Crippen LogP contribution in [-0.2, 0) is 28.2 Å². The molecule has 12 aromatic heterocycles. The van der Waals surface area contributed by atoms with E-state index in [1.807, 2.05) is 36.8 Å². The van der Waals surface area contributed by atoms with Gasteiger partial charge in [-0.1, -0.05) is 131 Å². The highest BCUT2D eigenvalue weighted by Gasteiger charge is 2.39. The van der Waals surface area contributed by atoms with Crippen LogP contribution in [0.25, 0.3) is 155 Å². The van der Waals surface area contributed by atoms with Crippen LogP contribution in [0.3, 0.4) is 0 Å². The summed E-state index contributed by atoms with van der Waals surface area (Å²) < 4.78 is 61.8. The van der Waals surface area contributed by atoms with Gasteiger partial charge in [0, 0.05) is 61.8 Å². The second-order valence-electron chi connectivity index (χ2n) is 40.3. The number of fused-ring (bicyclic) bond motifs is 30. The molecule has 22 heteroatoms. The second-order valence-corrected chi connectivity index (χ2v) is 40.3. The summed E-state index contributed by atoms with van der Waals surface area (Å²) in [6, 6.07) is 81.1. The van der Waals surface area contributed by atoms with Crippen LogP contribution in [0, 0.1) is 34.6 Å². The average Bonchev–Trinajstić information content (AvgIpc) is 1.53. The maximum Gasteiger partial charge on any atom is 0.312 e. The number of benzene rings is 12. The lowest BCUT2D eigenvalue weighted by atomic mass is 9.81. The molecule has 12 aromatic carbocycles. The van der Waals surface area contributed by atoms with Gasteiger partial charge in [0.05, 0.1) is 127 Å². The standard InChI is InChI=1S/C33H39N2O.C26H26N3O.C25H23N4O.C21H21N4O.C17H19N4O/c1-20(2)24-13-11-14-25(21(3)4)31(24)28-18-19-34(8)33(28)35-29-15-10-9-12-26(29)27-16-17-30(36-22(5)6)23(7)32(27)35;1-18(2)30-24-15-14-22-21-12-8-9-13-23(21)29(26(22)19(24)3)25-16-28(17-27(25)4)20-10-6-5-7-11-20;1-15(2)30-22-14-13-21-23(16(22)3)24-27(4)19-11-7-8-12-20(19)29(24)25-26-17-9-5-6-10-18(17)28(21)25;1-13(2)26-18-10-9-17-19(14(18)3)20-23(4)11-12-24(20)21-22-15-7-5-6-8-16(15)25(17)21;1-11(2)22-14-6-5-13-15(12(14)3)16-19(4)9-10-21(16)17-18-7-8-20(13)17/h9-22,28H,1-8H3;5-18H,1-4H3;5-15H,1-4H3;5-13H,1-4H3;5-11H,1-4H3/q5*+1. The van der Waals surface area contributed by atoms with Gasteiger partial charge in [0.2, 0.25) is 0 Å². The summed E-state index contributed by atoms with van der Waals surface area (Å²) in [5.41, 5.74) is 29.4. The minimum absolute atomic E-state index is 0.120. The number of imidazole rings is 7. The molecule has 726 valence electrons. The molecule has 0 fully saturated rings. The predicted molar refractivity (Wildman–Crippen MR) is 583 cm³/mol. The van der Waals surface area contributed by atoms with Crippen molar-refractivity contribution in [2.45, 2.75) is 180 Å². The fraction of sp³-hybridized carbons (Fsp3) is 0.262. The van der Waals surface area contributed by atoms with Gasteiger partial charge < -0.3 is 23.7 Å². The fourth-order valence-electron chi connectivity index (χ4n) is 21.9. The molecule has 1 atom stereocenters. The molecule has 0 amide bonds. The summed E-state index contributed by atoms with van der Waals surface area (Å²) in [4.78, 5) is 14.4. The molecule has 24 aromatic rings. The molecule has 0 saturated heterocycles. The smallest absolute Gasteiger partial charge is 0.312 e. The molecule has 0 radical (unpaired) electrons. The number of ether oxygens (including phenoxy) is 5. The summed E-state index contributed by atoms with van der Waals surface area (Å²) in [5, 5.41) is 8.60. The van der Waals surface area contributed by atoms with Crippen molar-refractivity contribution in [2.24, 2.45) is 28.2 Å². The Kier molecular flexibility index (Phi) is 24.5. The number of para-hydroxylation sites is 9. The van der Waals surface area contributed by atoms with E-state index in [9.17, 15) is 0 Å². The maximum atomic E-state index is 6.25. The zero-order chi connectivity index (χ0) is 101. The van der Waals surface area contributed by atoms with Crippen molar-refractivity contribution >= 4 is 150 Å². The summed E-state index contributed by atoms with van der Waals surface area (Å²) in [5.74, 6) is 10.9. The van der Waals surface area contributed by atoms with Crippen molar-refractivity contribution < 1.29 is 46.5 Å². The van der Waals surface area contributed by atoms with Crippen LogP contribution in [0.15, 0.2) is 293 Å². The van der Waals surface area contributed by atoms with E-state index in [0.29, 0.717) is 11.8 Å². The van der Waals surface area contributed by atoms with Gasteiger partial charge in [0.1, 0.15) is 93.4 Å². The topological polar surface area (TPSA) is 145 Å². The van der Waals surface area contributed by atoms with E-state index in [0.717, 1.165) is 141 Å². The zero-order valence-corrected chi connectivity index (χ0v) is 87.0. The van der Waals surface area contributed by atoms with Crippen molar-refractivity contribution in [3.05, 3.63) is 337 Å². The lowest BCUT2D eigenvalue weighted by Crippen LogP contribution is -2.30. The molecule has 22 nitrogen and oxygen atoms in total. The highest BCUT2D eigenvalue weighted by Crippen LogP contribution is 2.45. The van der Waals surface area contributed by atoms with Gasteiger partial charge in [-0.15, -0.1) is 0 Å². The first-order valence-corrected chi connectivity index (χ1v) is 50.4. The van der Waals surface area contributed by atoms with Crippen molar-refractivity contribution in [3.8, 4) is 40.3 Å². The minimum atomic E-state index is 0.120. The Balaban J connectivity index is 0.000000107. The van der Waals surface area contributed by atoms with E-state index in [2.05, 4.69) is 490 Å². The van der Waals surface area contributed by atoms with Crippen LogP contribution in [0.4, 0.5) is 0 Å². The van der Waals surface area contributed by atoms with Gasteiger partial charge in [-0.25, -0.2) is 32.0 Å². The number of aromatic nitrogens is 16. The molecule has 25 rings (SSSR count). The van der Waals surface area contributed by atoms with E-state index >= 15 is 0 Å². The zero-order valence-electron chi connectivity index (χ0n) is 87.0. The molecule has 0 N–H and O–H groups in total. The molecular formula is C122H128N17O5+5. The minimum Gasteiger partial charge on any atom is -0.491 e. The molecule has 1 aliphatic heterocycles. The number of aryl methyl sites for hydroxylation is 9. The quantitative estimate of drug-likeness (QED) is 0.0923. The molecule has 1 unspecified atom stereocenters. The summed E-state index contributed by atoms with van der Waals surface area (Å²) in [7, 11) is 10.5. The summed E-state index contributed by atoms with van der Waals surface area (Å²) in [6.07, 6.45) is 21.7. The van der Waals surface area contributed by atoms with Gasteiger partial charge in [0.25, 0.3) is 28.6 Å². The van der Waals surface area contributed by atoms with Crippen LogP contribution in [0.2, 0.25) is 0 Å². The second kappa shape index (κ2) is 37.4. The van der Waals surface area contributed by atoms with E-state index in [4.69, 9.17) is 33.7 Å². The van der Waals surface area contributed by atoms with Gasteiger partial charge in [-0.3, -0.25) is 13.2 Å². The van der Waals surface area contributed by atoms with Gasteiger partial charge in [0.15, 0.2) is 17.4 Å². The molecule has 13 heterocycles. The Morgan fingerprint density at radius 1 is 0.340 bits per heavy atom. The van der Waals surface area contributed by atoms with E-state index < -0.39 is 0 Å². The highest BCUT2D eigenvalue weighted by atomic mass is 16.5. The van der Waals surface area contributed by atoms with Crippen molar-refractivity contribution in [1.82, 2.24) is 55.1 Å². The number of nitrogens with zero attached hydrogens (tertiary/aromatic N) is 17. The van der Waals surface area contributed by atoms with Gasteiger partial charge >= 0.3 is 17.3 Å². The highest BCUT2D eigenvalue weighted by molar-refractivity contribution is 6.17. The lowest BCUT2D eigenvalue weighted by Gasteiger charge is -2.23. The van der Waals surface area contributed by atoms with Crippen molar-refractivity contribution in [1.29, 1.82) is 0 Å². The summed E-state index contributed by atoms with van der Waals surface area (Å²) >= 11 is 0. The average molecular weight is 1910 g/mol. The number of hydrogen-bond acceptors (Lipinski definition) is 8. The van der Waals surface area contributed by atoms with Crippen molar-refractivity contribution in [3.63, 3.8) is 0 Å². The van der Waals surface area contributed by atoms with E-state index in [-0.39, 0.29) is 36.4 Å². The third-order valence-electron chi connectivity index (χ3n) is 28.1. The van der Waals surface area contributed by atoms with Crippen LogP contribution in [0.1, 0.15) is 159 Å². The Bertz CT molecular complexity index is 9250. The summed E-state index contributed by atoms with van der Waals surface area (Å²) in [6.45, 7) is 40.7. The van der Waals surface area contributed by atoms with Crippen LogP contribution in [0.5, 0.6) is 28.7 Å². The number of hydrogen-bond donors (Lipinski definition) is 0. The Hall–Kier alpha value is -16.1. The predicted octanol–water partition coefficient (Wildman–Crippen LogP) is 25.3. The molecule has 0 bridgehead atoms. The molecule has 0 spiro atoms. The van der Waals surface area contributed by atoms with E-state index in [1.165, 1.54) is 93.4 Å². The fourth-order valence-corrected chi connectivity index (χ4v) is 21.9. The first-order valence-electron chi connectivity index (χ1n) is 50.4. The molecular weight excluding hydrogens is 1780 g/mol. The van der Waals surface area contributed by atoms with Crippen LogP contribution in [-0.4, -0.2) is 103 Å². The Labute approximate surface area is 838 Å². The monoisotopic (exact) mass is 1910 g/mol. The van der Waals surface area contributed by atoms with E-state index in [1.54, 1.807) is 0 Å². The molecule has 0 aliphatic carbocycles. The van der Waals surface area contributed by atoms with Gasteiger partial charge in [-0.2, -0.15) is 32.7 Å². The van der Waals surface area contributed by atoms with Gasteiger partial charge in [-0.05, 0) is 266 Å². The normalized spacial score (nSPS) is 13.0. The molecule has 1 aliphatic rings. The third-order valence-corrected chi connectivity index (χ3v) is 28.1. The maximum absolute atomic E-state index is 6.25. The largest absolute Gasteiger partial charge is 0.491 e. The lowest BCUT2D eigenvalue weighted by molar-refractivity contribution is -0.664. The first-order chi connectivity index (χ1) is 69.4. The Morgan fingerprint density at radius 3 is 1.28 bits per heavy atom. The Morgan fingerprint density at radius 2 is 0.764 bits per heavy atom. The van der Waals surface area contributed by atoms with Crippen molar-refractivity contribution in [2.75, 3.05) is 7.05 Å². The molecule has 0 saturated carbocycles. The number of rotatable bonds is 15. The molecule has 144 heavy (non-hydrogen) atoms. The number of allylic oxidation sites excluding steroid dienone is 1. The third kappa shape index (κ3) is 16.0.